The second-order valence-corrected chi connectivity index (χ2v) is 6.52. The lowest BCUT2D eigenvalue weighted by atomic mass is 10.1. The third kappa shape index (κ3) is 6.42. The maximum absolute atomic E-state index is 13.5. The first-order valence-electron chi connectivity index (χ1n) is 7.98. The molecule has 3 nitrogen and oxygen atoms in total. The third-order valence-corrected chi connectivity index (χ3v) is 3.53. The van der Waals surface area contributed by atoms with Gasteiger partial charge >= 0.3 is 0 Å². The molecule has 1 heterocycles. The van der Waals surface area contributed by atoms with Gasteiger partial charge < -0.3 is 10.2 Å². The summed E-state index contributed by atoms with van der Waals surface area (Å²) in [5.41, 5.74) is 0.935. The maximum Gasteiger partial charge on any atom is 0.141 e. The Labute approximate surface area is 129 Å². The van der Waals surface area contributed by atoms with Crippen molar-refractivity contribution in [3.8, 4) is 0 Å². The van der Waals surface area contributed by atoms with Crippen molar-refractivity contribution in [2.75, 3.05) is 25.0 Å². The first kappa shape index (κ1) is 17.9. The molecule has 0 aromatic carbocycles. The lowest BCUT2D eigenvalue weighted by molar-refractivity contribution is 0.530. The number of nitrogens with one attached hydrogen (secondary N) is 1. The summed E-state index contributed by atoms with van der Waals surface area (Å²) in [5, 5.41) is 3.10. The van der Waals surface area contributed by atoms with Crippen LogP contribution in [0.4, 0.5) is 10.2 Å². The summed E-state index contributed by atoms with van der Waals surface area (Å²) in [5.74, 6) is 1.96. The topological polar surface area (TPSA) is 28.2 Å². The van der Waals surface area contributed by atoms with Crippen LogP contribution < -0.4 is 10.2 Å². The van der Waals surface area contributed by atoms with Crippen molar-refractivity contribution in [2.24, 2.45) is 11.8 Å². The zero-order valence-electron chi connectivity index (χ0n) is 14.1. The van der Waals surface area contributed by atoms with Crippen molar-refractivity contribution in [1.29, 1.82) is 0 Å². The Morgan fingerprint density at radius 3 is 2.19 bits per heavy atom. The Bertz CT molecular complexity index is 406. The van der Waals surface area contributed by atoms with Gasteiger partial charge in [0.15, 0.2) is 0 Å². The SMILES string of the molecule is CNCc1cc(F)cnc1N(CCC(C)C)CCC(C)C. The lowest BCUT2D eigenvalue weighted by Gasteiger charge is -2.27. The largest absolute Gasteiger partial charge is 0.356 e. The number of pyridine rings is 1. The standard InChI is InChI=1S/C17H30FN3/c1-13(2)6-8-21(9-7-14(3)4)17-15(11-19-5)10-16(18)12-20-17/h10,12-14,19H,6-9,11H2,1-5H3. The molecule has 1 aromatic heterocycles. The predicted molar refractivity (Wildman–Crippen MR) is 88.1 cm³/mol. The molecule has 21 heavy (non-hydrogen) atoms. The smallest absolute Gasteiger partial charge is 0.141 e. The van der Waals surface area contributed by atoms with Crippen LogP contribution in [0, 0.1) is 17.7 Å². The fourth-order valence-electron chi connectivity index (χ4n) is 2.23. The van der Waals surface area contributed by atoms with E-state index in [1.165, 1.54) is 6.20 Å². The number of nitrogens with zero attached hydrogens (tertiary/aromatic N) is 2. The van der Waals surface area contributed by atoms with Crippen LogP contribution >= 0.6 is 0 Å². The molecule has 0 spiro atoms. The Morgan fingerprint density at radius 2 is 1.71 bits per heavy atom. The highest BCUT2D eigenvalue weighted by atomic mass is 19.1. The van der Waals surface area contributed by atoms with Crippen LogP contribution in [0.2, 0.25) is 0 Å². The van der Waals surface area contributed by atoms with Gasteiger partial charge in [0.25, 0.3) is 0 Å². The Balaban J connectivity index is 2.93. The number of hydrogen-bond acceptors (Lipinski definition) is 3. The van der Waals surface area contributed by atoms with Gasteiger partial charge in [0.05, 0.1) is 6.20 Å². The van der Waals surface area contributed by atoms with Crippen LogP contribution in [-0.2, 0) is 6.54 Å². The molecule has 1 N–H and O–H groups in total. The summed E-state index contributed by atoms with van der Waals surface area (Å²) in [7, 11) is 1.88. The van der Waals surface area contributed by atoms with Crippen LogP contribution in [0.25, 0.3) is 0 Å². The fraction of sp³-hybridized carbons (Fsp3) is 0.706. The van der Waals surface area contributed by atoms with E-state index in [4.69, 9.17) is 0 Å². The molecule has 0 amide bonds. The van der Waals surface area contributed by atoms with Gasteiger partial charge in [-0.3, -0.25) is 0 Å². The highest BCUT2D eigenvalue weighted by molar-refractivity contribution is 5.47. The zero-order chi connectivity index (χ0) is 15.8. The molecule has 120 valence electrons. The van der Waals surface area contributed by atoms with Crippen LogP contribution in [-0.4, -0.2) is 25.1 Å². The van der Waals surface area contributed by atoms with Gasteiger partial charge in [0, 0.05) is 25.2 Å². The number of anilines is 1. The van der Waals surface area contributed by atoms with E-state index in [2.05, 4.69) is 42.9 Å². The number of aromatic nitrogens is 1. The van der Waals surface area contributed by atoms with Crippen molar-refractivity contribution in [1.82, 2.24) is 10.3 Å². The fourth-order valence-corrected chi connectivity index (χ4v) is 2.23. The normalized spacial score (nSPS) is 11.4. The zero-order valence-corrected chi connectivity index (χ0v) is 14.1. The van der Waals surface area contributed by atoms with E-state index in [-0.39, 0.29) is 5.82 Å². The molecule has 0 radical (unpaired) electrons. The van der Waals surface area contributed by atoms with Crippen molar-refractivity contribution < 1.29 is 4.39 Å². The quantitative estimate of drug-likeness (QED) is 0.750. The molecule has 0 aliphatic carbocycles. The van der Waals surface area contributed by atoms with E-state index in [0.29, 0.717) is 18.4 Å². The minimum atomic E-state index is -0.267. The summed E-state index contributed by atoms with van der Waals surface area (Å²) in [6.45, 7) is 11.5. The summed E-state index contributed by atoms with van der Waals surface area (Å²) in [6.07, 6.45) is 3.57. The van der Waals surface area contributed by atoms with Gasteiger partial charge in [-0.2, -0.15) is 0 Å². The van der Waals surface area contributed by atoms with Gasteiger partial charge in [0.1, 0.15) is 11.6 Å². The molecule has 1 aromatic rings. The van der Waals surface area contributed by atoms with E-state index in [1.54, 1.807) is 6.07 Å². The van der Waals surface area contributed by atoms with Gasteiger partial charge in [-0.15, -0.1) is 0 Å². The highest BCUT2D eigenvalue weighted by Gasteiger charge is 2.14. The lowest BCUT2D eigenvalue weighted by Crippen LogP contribution is -2.30. The molecule has 0 aliphatic rings. The summed E-state index contributed by atoms with van der Waals surface area (Å²) in [4.78, 5) is 6.68. The first-order valence-corrected chi connectivity index (χ1v) is 7.98. The van der Waals surface area contributed by atoms with Crippen molar-refractivity contribution in [3.05, 3.63) is 23.6 Å². The molecule has 0 fully saturated rings. The van der Waals surface area contributed by atoms with Crippen molar-refractivity contribution in [2.45, 2.75) is 47.1 Å². The minimum Gasteiger partial charge on any atom is -0.356 e. The highest BCUT2D eigenvalue weighted by Crippen LogP contribution is 2.21. The van der Waals surface area contributed by atoms with E-state index in [0.717, 1.165) is 37.3 Å². The van der Waals surface area contributed by atoms with Crippen molar-refractivity contribution in [3.63, 3.8) is 0 Å². The summed E-state index contributed by atoms with van der Waals surface area (Å²) in [6, 6.07) is 1.59. The minimum absolute atomic E-state index is 0.267. The first-order chi connectivity index (χ1) is 9.93. The van der Waals surface area contributed by atoms with Crippen molar-refractivity contribution >= 4 is 5.82 Å². The van der Waals surface area contributed by atoms with Gasteiger partial charge in [0.2, 0.25) is 0 Å². The maximum atomic E-state index is 13.5. The van der Waals surface area contributed by atoms with Crippen LogP contribution in [0.1, 0.15) is 46.1 Å². The second kappa shape index (κ2) is 8.98. The van der Waals surface area contributed by atoms with E-state index >= 15 is 0 Å². The van der Waals surface area contributed by atoms with Crippen LogP contribution in [0.15, 0.2) is 12.3 Å². The van der Waals surface area contributed by atoms with Gasteiger partial charge in [-0.25, -0.2) is 9.37 Å². The molecule has 0 saturated heterocycles. The summed E-state index contributed by atoms with van der Waals surface area (Å²) < 4.78 is 13.5. The third-order valence-electron chi connectivity index (χ3n) is 3.53. The molecule has 0 aliphatic heterocycles. The van der Waals surface area contributed by atoms with Crippen LogP contribution in [0.3, 0.4) is 0 Å². The molecular weight excluding hydrogens is 265 g/mol. The predicted octanol–water partition coefficient (Wildman–Crippen LogP) is 3.84. The Morgan fingerprint density at radius 1 is 1.14 bits per heavy atom. The van der Waals surface area contributed by atoms with Gasteiger partial charge in [-0.05, 0) is 37.8 Å². The van der Waals surface area contributed by atoms with E-state index in [9.17, 15) is 4.39 Å². The van der Waals surface area contributed by atoms with E-state index < -0.39 is 0 Å². The summed E-state index contributed by atoms with van der Waals surface area (Å²) >= 11 is 0. The number of rotatable bonds is 9. The number of hydrogen-bond donors (Lipinski definition) is 1. The Kier molecular flexibility index (Phi) is 7.65. The monoisotopic (exact) mass is 295 g/mol. The molecule has 0 atom stereocenters. The average Bonchev–Trinajstić information content (AvgIpc) is 2.40. The molecule has 0 bridgehead atoms. The molecule has 0 unspecified atom stereocenters. The molecule has 0 saturated carbocycles. The Hall–Kier alpha value is -1.16. The molecule has 1 rings (SSSR count). The second-order valence-electron chi connectivity index (χ2n) is 6.52. The average molecular weight is 295 g/mol. The number of halogens is 1. The van der Waals surface area contributed by atoms with E-state index in [1.807, 2.05) is 7.05 Å². The molecular formula is C17H30FN3. The van der Waals surface area contributed by atoms with Gasteiger partial charge in [-0.1, -0.05) is 27.7 Å². The molecule has 4 heteroatoms. The van der Waals surface area contributed by atoms with Crippen LogP contribution in [0.5, 0.6) is 0 Å².